The summed E-state index contributed by atoms with van der Waals surface area (Å²) in [7, 11) is 0. The van der Waals surface area contributed by atoms with E-state index in [2.05, 4.69) is 21.3 Å². The van der Waals surface area contributed by atoms with E-state index in [0.717, 1.165) is 40.5 Å². The second-order valence-corrected chi connectivity index (χ2v) is 11.6. The molecule has 48 heavy (non-hydrogen) atoms. The van der Waals surface area contributed by atoms with Gasteiger partial charge in [0.05, 0.1) is 22.3 Å². The van der Waals surface area contributed by atoms with Gasteiger partial charge in [-0.2, -0.15) is 0 Å². The van der Waals surface area contributed by atoms with Crippen LogP contribution in [0.25, 0.3) is 65.4 Å². The fourth-order valence-electron chi connectivity index (χ4n) is 7.33. The highest BCUT2D eigenvalue weighted by atomic mass is 16.2. The minimum atomic E-state index is -0.857. The van der Waals surface area contributed by atoms with Crippen LogP contribution in [0.5, 0.6) is 0 Å². The van der Waals surface area contributed by atoms with Crippen molar-refractivity contribution >= 4 is 113 Å². The first kappa shape index (κ1) is 27.2. The van der Waals surface area contributed by atoms with Crippen molar-refractivity contribution in [2.75, 3.05) is 0 Å². The standard InChI is InChI=1S/C36H16N4O8/c41-22-9-18(33(45)37-22)16-8-7-15-14-5-1-3-13-4-2-6-17(26(13)14)29-27(15)28(16)30(19-10-23(42)38-34(19)46)32(21-12-25(44)40-36(21)48)31(29)20-11-24(43)39-35(20)47/h1-12H,(H,37,41,45)(H,38,42,46)(H,39,43,47)(H,40,44,48). The molecule has 4 aliphatic heterocycles. The lowest BCUT2D eigenvalue weighted by molar-refractivity contribution is -0.124. The van der Waals surface area contributed by atoms with Crippen molar-refractivity contribution in [1.29, 1.82) is 0 Å². The molecule has 9 rings (SSSR count). The lowest BCUT2D eigenvalue weighted by atomic mass is 9.76. The quantitative estimate of drug-likeness (QED) is 0.132. The molecule has 0 aromatic heterocycles. The van der Waals surface area contributed by atoms with Crippen LogP contribution >= 0.6 is 0 Å². The highest BCUT2D eigenvalue weighted by molar-refractivity contribution is 6.48. The molecule has 0 saturated heterocycles. The van der Waals surface area contributed by atoms with Gasteiger partial charge < -0.3 is 0 Å². The molecular weight excluding hydrogens is 616 g/mol. The van der Waals surface area contributed by atoms with E-state index >= 15 is 0 Å². The van der Waals surface area contributed by atoms with Crippen molar-refractivity contribution in [3.8, 4) is 0 Å². The zero-order chi connectivity index (χ0) is 33.2. The van der Waals surface area contributed by atoms with Gasteiger partial charge in [0.15, 0.2) is 0 Å². The lowest BCUT2D eigenvalue weighted by Crippen LogP contribution is -2.25. The molecule has 0 aliphatic carbocycles. The molecule has 0 fully saturated rings. The van der Waals surface area contributed by atoms with Crippen LogP contribution < -0.4 is 21.3 Å². The van der Waals surface area contributed by atoms with E-state index in [1.54, 1.807) is 18.2 Å². The summed E-state index contributed by atoms with van der Waals surface area (Å²) in [6.07, 6.45) is 4.23. The molecule has 12 nitrogen and oxygen atoms in total. The first-order valence-electron chi connectivity index (χ1n) is 14.6. The Labute approximate surface area is 267 Å². The Morgan fingerprint density at radius 2 is 0.792 bits per heavy atom. The number of rotatable bonds is 4. The Morgan fingerprint density at radius 1 is 0.354 bits per heavy atom. The molecular formula is C36H16N4O8. The van der Waals surface area contributed by atoms with Crippen LogP contribution in [0.15, 0.2) is 72.8 Å². The van der Waals surface area contributed by atoms with E-state index in [-0.39, 0.29) is 49.9 Å². The highest BCUT2D eigenvalue weighted by Gasteiger charge is 2.39. The summed E-state index contributed by atoms with van der Waals surface area (Å²) >= 11 is 0. The predicted octanol–water partition coefficient (Wildman–Crippen LogP) is 1.90. The molecule has 4 aliphatic rings. The molecule has 228 valence electrons. The fourth-order valence-corrected chi connectivity index (χ4v) is 7.33. The van der Waals surface area contributed by atoms with E-state index in [9.17, 15) is 38.4 Å². The summed E-state index contributed by atoms with van der Waals surface area (Å²) in [6, 6.07) is 14.5. The van der Waals surface area contributed by atoms with Gasteiger partial charge in [0.1, 0.15) is 0 Å². The van der Waals surface area contributed by atoms with Crippen LogP contribution in [-0.2, 0) is 38.4 Å². The third-order valence-corrected chi connectivity index (χ3v) is 9.04. The van der Waals surface area contributed by atoms with Crippen LogP contribution in [0, 0.1) is 0 Å². The number of hydrogen-bond donors (Lipinski definition) is 4. The van der Waals surface area contributed by atoms with Crippen LogP contribution in [0.4, 0.5) is 0 Å². The number of carbonyl (C=O) groups is 8. The van der Waals surface area contributed by atoms with Crippen molar-refractivity contribution in [1.82, 2.24) is 21.3 Å². The number of carbonyl (C=O) groups excluding carboxylic acids is 8. The van der Waals surface area contributed by atoms with Crippen LogP contribution in [0.2, 0.25) is 0 Å². The summed E-state index contributed by atoms with van der Waals surface area (Å²) in [5, 5.41) is 13.5. The van der Waals surface area contributed by atoms with Crippen molar-refractivity contribution in [3.63, 3.8) is 0 Å². The minimum Gasteiger partial charge on any atom is -0.289 e. The van der Waals surface area contributed by atoms with Crippen molar-refractivity contribution < 1.29 is 38.4 Å². The van der Waals surface area contributed by atoms with Crippen LogP contribution in [0.3, 0.4) is 0 Å². The zero-order valence-electron chi connectivity index (χ0n) is 24.2. The molecule has 0 bridgehead atoms. The third-order valence-electron chi connectivity index (χ3n) is 9.04. The Kier molecular flexibility index (Phi) is 5.24. The number of nitrogens with one attached hydrogen (secondary N) is 4. The Bertz CT molecular complexity index is 2700. The van der Waals surface area contributed by atoms with Gasteiger partial charge in [0.25, 0.3) is 47.3 Å². The largest absolute Gasteiger partial charge is 0.289 e. The molecule has 8 amide bonds. The molecule has 5 aromatic carbocycles. The molecule has 4 heterocycles. The highest BCUT2D eigenvalue weighted by Crippen LogP contribution is 2.51. The average molecular weight is 633 g/mol. The maximum Gasteiger partial charge on any atom is 0.258 e. The van der Waals surface area contributed by atoms with E-state index in [1.165, 1.54) is 0 Å². The molecule has 4 N–H and O–H groups in total. The van der Waals surface area contributed by atoms with E-state index in [4.69, 9.17) is 0 Å². The van der Waals surface area contributed by atoms with Gasteiger partial charge >= 0.3 is 0 Å². The SMILES string of the molecule is O=C1C=C(c2c(C3=CC(=O)NC3=O)c3c(C4=CC(=O)NC4=O)ccc4c5cccc6cccc(c(c2C2=CC(=O)NC2=O)c34)c65)C(=O)N1. The number of fused-ring (bicyclic) bond motifs is 2. The van der Waals surface area contributed by atoms with E-state index in [1.807, 2.05) is 30.3 Å². The molecule has 5 aromatic rings. The van der Waals surface area contributed by atoms with Crippen molar-refractivity contribution in [2.45, 2.75) is 0 Å². The Balaban J connectivity index is 1.66. The van der Waals surface area contributed by atoms with Crippen LogP contribution in [0.1, 0.15) is 22.3 Å². The van der Waals surface area contributed by atoms with Gasteiger partial charge in [-0.3, -0.25) is 59.6 Å². The molecule has 12 heteroatoms. The number of hydrogen-bond acceptors (Lipinski definition) is 8. The van der Waals surface area contributed by atoms with Gasteiger partial charge in [-0.25, -0.2) is 0 Å². The number of imide groups is 4. The van der Waals surface area contributed by atoms with Gasteiger partial charge in [0, 0.05) is 41.0 Å². The summed E-state index contributed by atoms with van der Waals surface area (Å²) in [5.74, 6) is -6.14. The maximum absolute atomic E-state index is 13.6. The molecule has 0 saturated carbocycles. The molecule has 0 radical (unpaired) electrons. The second kappa shape index (κ2) is 9.23. The summed E-state index contributed by atoms with van der Waals surface area (Å²) < 4.78 is 0. The molecule has 0 unspecified atom stereocenters. The fraction of sp³-hybridized carbons (Fsp3) is 0. The zero-order valence-corrected chi connectivity index (χ0v) is 24.2. The average Bonchev–Trinajstić information content (AvgIpc) is 3.78. The number of benzene rings is 5. The third kappa shape index (κ3) is 3.53. The smallest absolute Gasteiger partial charge is 0.258 e. The normalized spacial score (nSPS) is 17.8. The predicted molar refractivity (Wildman–Crippen MR) is 172 cm³/mol. The van der Waals surface area contributed by atoms with Crippen molar-refractivity contribution in [3.05, 3.63) is 95.1 Å². The van der Waals surface area contributed by atoms with Gasteiger partial charge in [-0.1, -0.05) is 48.5 Å². The molecule has 0 atom stereocenters. The van der Waals surface area contributed by atoms with Gasteiger partial charge in [0.2, 0.25) is 0 Å². The second-order valence-electron chi connectivity index (χ2n) is 11.6. The Hall–Kier alpha value is -7.08. The van der Waals surface area contributed by atoms with Gasteiger partial charge in [-0.15, -0.1) is 0 Å². The topological polar surface area (TPSA) is 185 Å². The summed E-state index contributed by atoms with van der Waals surface area (Å²) in [6.45, 7) is 0. The first-order valence-corrected chi connectivity index (χ1v) is 14.6. The lowest BCUT2D eigenvalue weighted by Gasteiger charge is -2.26. The maximum atomic E-state index is 13.6. The first-order chi connectivity index (χ1) is 23.1. The molecule has 0 spiro atoms. The summed E-state index contributed by atoms with van der Waals surface area (Å²) in [5.41, 5.74) is -0.546. The van der Waals surface area contributed by atoms with Crippen molar-refractivity contribution in [2.24, 2.45) is 0 Å². The number of amides is 8. The minimum absolute atomic E-state index is 0.0474. The summed E-state index contributed by atoms with van der Waals surface area (Å²) in [4.78, 5) is 104. The Morgan fingerprint density at radius 3 is 1.29 bits per heavy atom. The van der Waals surface area contributed by atoms with Crippen LogP contribution in [-0.4, -0.2) is 47.3 Å². The van der Waals surface area contributed by atoms with Gasteiger partial charge in [-0.05, 0) is 48.7 Å². The van der Waals surface area contributed by atoms with E-state index in [0.29, 0.717) is 21.5 Å². The monoisotopic (exact) mass is 632 g/mol. The van der Waals surface area contributed by atoms with E-state index < -0.39 is 47.3 Å².